The monoisotopic (exact) mass is 274 g/mol. The van der Waals surface area contributed by atoms with E-state index in [1.807, 2.05) is 24.3 Å². The van der Waals surface area contributed by atoms with Gasteiger partial charge in [-0.25, -0.2) is 4.99 Å². The summed E-state index contributed by atoms with van der Waals surface area (Å²) >= 11 is 6.09. The largest absolute Gasteiger partial charge is 0.308 e. The molecule has 0 aromatic heterocycles. The van der Waals surface area contributed by atoms with Gasteiger partial charge in [-0.05, 0) is 30.5 Å². The first-order valence-corrected chi connectivity index (χ1v) is 6.98. The number of halogens is 1. The lowest BCUT2D eigenvalue weighted by molar-refractivity contribution is -0.115. The topological polar surface area (TPSA) is 41.5 Å². The number of rotatable bonds is 2. The van der Waals surface area contributed by atoms with Gasteiger partial charge in [0.05, 0.1) is 0 Å². The molecule has 1 saturated carbocycles. The van der Waals surface area contributed by atoms with Crippen molar-refractivity contribution in [2.24, 2.45) is 10.9 Å². The number of carbonyl (C=O) groups is 1. The average molecular weight is 275 g/mol. The molecule has 3 rings (SSSR count). The van der Waals surface area contributed by atoms with Crippen LogP contribution in [-0.2, 0) is 4.79 Å². The molecule has 1 aromatic rings. The molecule has 98 valence electrons. The van der Waals surface area contributed by atoms with Crippen LogP contribution in [0.1, 0.15) is 31.2 Å². The Kier molecular flexibility index (Phi) is 3.38. The third kappa shape index (κ3) is 2.56. The lowest BCUT2D eigenvalue weighted by Crippen LogP contribution is -2.29. The van der Waals surface area contributed by atoms with Gasteiger partial charge in [0.25, 0.3) is 5.91 Å². The predicted octanol–water partition coefficient (Wildman–Crippen LogP) is 3.40. The molecule has 2 aliphatic rings. The van der Waals surface area contributed by atoms with Crippen LogP contribution in [0, 0.1) is 5.92 Å². The Morgan fingerprint density at radius 1 is 1.26 bits per heavy atom. The Labute approximate surface area is 117 Å². The van der Waals surface area contributed by atoms with Gasteiger partial charge in [0.2, 0.25) is 0 Å². The summed E-state index contributed by atoms with van der Waals surface area (Å²) in [7, 11) is 0. The number of amides is 1. The molecule has 0 atom stereocenters. The van der Waals surface area contributed by atoms with Crippen LogP contribution < -0.4 is 5.32 Å². The van der Waals surface area contributed by atoms with Crippen molar-refractivity contribution in [2.45, 2.75) is 25.7 Å². The highest BCUT2D eigenvalue weighted by Crippen LogP contribution is 2.28. The highest BCUT2D eigenvalue weighted by molar-refractivity contribution is 6.32. The SMILES string of the molecule is O=C1NC(C2CCCC2)=N/C1=C\c1ccccc1Cl. The standard InChI is InChI=1S/C15H15ClN2O/c16-12-8-4-3-7-11(12)9-13-15(19)18-14(17-13)10-5-1-2-6-10/h3-4,7-10H,1-2,5-6H2,(H,17,18,19)/b13-9-. The van der Waals surface area contributed by atoms with E-state index in [-0.39, 0.29) is 5.91 Å². The smallest absolute Gasteiger partial charge is 0.275 e. The molecule has 1 fully saturated rings. The highest BCUT2D eigenvalue weighted by Gasteiger charge is 2.28. The molecule has 0 unspecified atom stereocenters. The summed E-state index contributed by atoms with van der Waals surface area (Å²) in [5, 5.41) is 3.52. The van der Waals surface area contributed by atoms with Crippen LogP contribution in [-0.4, -0.2) is 11.7 Å². The number of hydrogen-bond donors (Lipinski definition) is 1. The first-order chi connectivity index (χ1) is 9.24. The average Bonchev–Trinajstić information content (AvgIpc) is 3.02. The molecule has 19 heavy (non-hydrogen) atoms. The van der Waals surface area contributed by atoms with E-state index in [1.54, 1.807) is 6.08 Å². The summed E-state index contributed by atoms with van der Waals surface area (Å²) in [6.45, 7) is 0. The highest BCUT2D eigenvalue weighted by atomic mass is 35.5. The molecule has 1 aromatic carbocycles. The molecule has 0 bridgehead atoms. The zero-order valence-electron chi connectivity index (χ0n) is 10.5. The maximum absolute atomic E-state index is 11.9. The van der Waals surface area contributed by atoms with Crippen molar-refractivity contribution in [2.75, 3.05) is 0 Å². The summed E-state index contributed by atoms with van der Waals surface area (Å²) < 4.78 is 0. The Hall–Kier alpha value is -1.61. The van der Waals surface area contributed by atoms with E-state index < -0.39 is 0 Å². The van der Waals surface area contributed by atoms with E-state index in [9.17, 15) is 4.79 Å². The minimum absolute atomic E-state index is 0.123. The van der Waals surface area contributed by atoms with Gasteiger partial charge in [0.15, 0.2) is 0 Å². The van der Waals surface area contributed by atoms with Gasteiger partial charge in [-0.3, -0.25) is 4.79 Å². The molecular formula is C15H15ClN2O. The third-order valence-electron chi connectivity index (χ3n) is 3.65. The van der Waals surface area contributed by atoms with Crippen molar-refractivity contribution in [3.05, 3.63) is 40.5 Å². The summed E-state index contributed by atoms with van der Waals surface area (Å²) in [4.78, 5) is 16.4. The molecule has 0 spiro atoms. The second-order valence-corrected chi connectivity index (χ2v) is 5.39. The van der Waals surface area contributed by atoms with Crippen molar-refractivity contribution in [3.63, 3.8) is 0 Å². The van der Waals surface area contributed by atoms with Gasteiger partial charge >= 0.3 is 0 Å². The summed E-state index contributed by atoms with van der Waals surface area (Å²) in [6, 6.07) is 7.45. The minimum Gasteiger partial charge on any atom is -0.308 e. The van der Waals surface area contributed by atoms with Gasteiger partial charge < -0.3 is 5.32 Å². The summed E-state index contributed by atoms with van der Waals surface area (Å²) in [5.41, 5.74) is 1.28. The molecule has 0 saturated heterocycles. The predicted molar refractivity (Wildman–Crippen MR) is 77.0 cm³/mol. The van der Waals surface area contributed by atoms with Crippen LogP contribution >= 0.6 is 11.6 Å². The van der Waals surface area contributed by atoms with Crippen molar-refractivity contribution in [1.82, 2.24) is 5.32 Å². The quantitative estimate of drug-likeness (QED) is 0.825. The number of amidine groups is 1. The number of nitrogens with one attached hydrogen (secondary N) is 1. The van der Waals surface area contributed by atoms with E-state index in [1.165, 1.54) is 12.8 Å². The van der Waals surface area contributed by atoms with E-state index in [2.05, 4.69) is 10.3 Å². The van der Waals surface area contributed by atoms with E-state index in [4.69, 9.17) is 11.6 Å². The molecule has 1 N–H and O–H groups in total. The fraction of sp³-hybridized carbons (Fsp3) is 0.333. The van der Waals surface area contributed by atoms with Crippen molar-refractivity contribution in [3.8, 4) is 0 Å². The second-order valence-electron chi connectivity index (χ2n) is 4.98. The normalized spacial score (nSPS) is 21.8. The van der Waals surface area contributed by atoms with Gasteiger partial charge in [-0.2, -0.15) is 0 Å². The number of carbonyl (C=O) groups excluding carboxylic acids is 1. The maximum atomic E-state index is 11.9. The van der Waals surface area contributed by atoms with Gasteiger partial charge in [0, 0.05) is 10.9 Å². The van der Waals surface area contributed by atoms with Crippen LogP contribution in [0.3, 0.4) is 0 Å². The van der Waals surface area contributed by atoms with E-state index >= 15 is 0 Å². The zero-order valence-corrected chi connectivity index (χ0v) is 11.3. The Morgan fingerprint density at radius 3 is 2.74 bits per heavy atom. The Morgan fingerprint density at radius 2 is 2.00 bits per heavy atom. The summed E-state index contributed by atoms with van der Waals surface area (Å²) in [5.74, 6) is 1.13. The van der Waals surface area contributed by atoms with Crippen LogP contribution in [0.25, 0.3) is 6.08 Å². The van der Waals surface area contributed by atoms with Crippen LogP contribution in [0.5, 0.6) is 0 Å². The van der Waals surface area contributed by atoms with Crippen molar-refractivity contribution < 1.29 is 4.79 Å². The molecule has 0 radical (unpaired) electrons. The Bertz CT molecular complexity index is 571. The molecule has 1 aliphatic carbocycles. The van der Waals surface area contributed by atoms with Crippen LogP contribution in [0.15, 0.2) is 35.0 Å². The number of nitrogens with zero attached hydrogens (tertiary/aromatic N) is 1. The fourth-order valence-electron chi connectivity index (χ4n) is 2.62. The second kappa shape index (κ2) is 5.17. The summed E-state index contributed by atoms with van der Waals surface area (Å²) in [6.07, 6.45) is 6.45. The first-order valence-electron chi connectivity index (χ1n) is 6.60. The fourth-order valence-corrected chi connectivity index (χ4v) is 2.81. The minimum atomic E-state index is -0.123. The third-order valence-corrected chi connectivity index (χ3v) is 4.00. The lowest BCUT2D eigenvalue weighted by atomic mass is 10.1. The van der Waals surface area contributed by atoms with E-state index in [0.717, 1.165) is 24.2 Å². The molecule has 1 amide bonds. The lowest BCUT2D eigenvalue weighted by Gasteiger charge is -2.06. The first kappa shape index (κ1) is 12.4. The molecular weight excluding hydrogens is 260 g/mol. The van der Waals surface area contributed by atoms with E-state index in [0.29, 0.717) is 16.6 Å². The zero-order chi connectivity index (χ0) is 13.2. The Balaban J connectivity index is 1.88. The van der Waals surface area contributed by atoms with Crippen molar-refractivity contribution >= 4 is 29.4 Å². The number of aliphatic imine (C=N–C) groups is 1. The molecule has 3 nitrogen and oxygen atoms in total. The molecule has 1 aliphatic heterocycles. The maximum Gasteiger partial charge on any atom is 0.275 e. The molecule has 4 heteroatoms. The van der Waals surface area contributed by atoms with Crippen molar-refractivity contribution in [1.29, 1.82) is 0 Å². The number of benzene rings is 1. The van der Waals surface area contributed by atoms with Gasteiger partial charge in [-0.15, -0.1) is 0 Å². The number of hydrogen-bond acceptors (Lipinski definition) is 2. The van der Waals surface area contributed by atoms with Gasteiger partial charge in [-0.1, -0.05) is 42.6 Å². The van der Waals surface area contributed by atoms with Crippen LogP contribution in [0.4, 0.5) is 0 Å². The molecule has 1 heterocycles. The van der Waals surface area contributed by atoms with Gasteiger partial charge in [0.1, 0.15) is 11.5 Å². The van der Waals surface area contributed by atoms with Crippen LogP contribution in [0.2, 0.25) is 5.02 Å².